The van der Waals surface area contributed by atoms with Crippen LogP contribution in [0.25, 0.3) is 0 Å². The van der Waals surface area contributed by atoms with E-state index in [1.165, 1.54) is 25.7 Å². The molecule has 2 nitrogen and oxygen atoms in total. The van der Waals surface area contributed by atoms with Crippen molar-refractivity contribution in [3.63, 3.8) is 0 Å². The summed E-state index contributed by atoms with van der Waals surface area (Å²) in [5.41, 5.74) is -0.215. The van der Waals surface area contributed by atoms with Crippen LogP contribution < -0.4 is 0 Å². The van der Waals surface area contributed by atoms with Crippen molar-refractivity contribution >= 4 is 17.7 Å². The normalized spacial score (nSPS) is 34.2. The Balaban J connectivity index is 2.12. The minimum atomic E-state index is -0.215. The van der Waals surface area contributed by atoms with Crippen LogP contribution in [0, 0.1) is 5.41 Å². The molecule has 0 spiro atoms. The first-order valence-corrected chi connectivity index (χ1v) is 7.58. The number of nitrogens with zero attached hydrogens (tertiary/aromatic N) is 1. The molecule has 2 aliphatic heterocycles. The van der Waals surface area contributed by atoms with Gasteiger partial charge in [-0.15, -0.1) is 0 Å². The number of carbonyl (C=O) groups is 1. The smallest absolute Gasteiger partial charge is 0.228 e. The summed E-state index contributed by atoms with van der Waals surface area (Å²) in [7, 11) is 0. The third-order valence-electron chi connectivity index (χ3n) is 3.90. The highest BCUT2D eigenvalue weighted by Crippen LogP contribution is 2.41. The van der Waals surface area contributed by atoms with Crippen LogP contribution in [0.3, 0.4) is 0 Å². The maximum atomic E-state index is 12.4. The average molecular weight is 241 g/mol. The molecule has 0 N–H and O–H groups in total. The highest BCUT2D eigenvalue weighted by molar-refractivity contribution is 7.99. The van der Waals surface area contributed by atoms with Crippen LogP contribution in [0.4, 0.5) is 0 Å². The summed E-state index contributed by atoms with van der Waals surface area (Å²) in [6, 6.07) is 1.06. The summed E-state index contributed by atoms with van der Waals surface area (Å²) in [4.78, 5) is 14.6. The lowest BCUT2D eigenvalue weighted by atomic mass is 9.91. The predicted octanol–water partition coefficient (Wildman–Crippen LogP) is 2.92. The molecule has 92 valence electrons. The van der Waals surface area contributed by atoms with Crippen LogP contribution in [0.2, 0.25) is 0 Å². The number of hydrogen-bond acceptors (Lipinski definition) is 2. The Morgan fingerprint density at radius 1 is 1.19 bits per heavy atom. The fourth-order valence-electron chi connectivity index (χ4n) is 3.04. The second-order valence-electron chi connectivity index (χ2n) is 6.18. The lowest BCUT2D eigenvalue weighted by Crippen LogP contribution is -2.51. The van der Waals surface area contributed by atoms with Crippen molar-refractivity contribution in [1.29, 1.82) is 0 Å². The van der Waals surface area contributed by atoms with Gasteiger partial charge in [-0.25, -0.2) is 0 Å². The third kappa shape index (κ3) is 2.11. The predicted molar refractivity (Wildman–Crippen MR) is 69.6 cm³/mol. The molecular weight excluding hydrogens is 218 g/mol. The zero-order valence-electron chi connectivity index (χ0n) is 10.8. The van der Waals surface area contributed by atoms with E-state index in [9.17, 15) is 4.79 Å². The van der Waals surface area contributed by atoms with Crippen LogP contribution in [0.5, 0.6) is 0 Å². The van der Waals surface area contributed by atoms with Crippen molar-refractivity contribution in [3.05, 3.63) is 0 Å². The van der Waals surface area contributed by atoms with E-state index in [0.717, 1.165) is 5.25 Å². The second kappa shape index (κ2) is 4.25. The summed E-state index contributed by atoms with van der Waals surface area (Å²) >= 11 is 1.98. The van der Waals surface area contributed by atoms with Crippen molar-refractivity contribution in [2.75, 3.05) is 6.26 Å². The van der Waals surface area contributed by atoms with Gasteiger partial charge in [-0.3, -0.25) is 4.79 Å². The number of hydrogen-bond donors (Lipinski definition) is 0. The molecule has 2 aliphatic rings. The molecule has 1 unspecified atom stereocenters. The average Bonchev–Trinajstić information content (AvgIpc) is 2.46. The molecule has 0 aliphatic carbocycles. The van der Waals surface area contributed by atoms with Crippen molar-refractivity contribution in [1.82, 2.24) is 4.90 Å². The summed E-state index contributed by atoms with van der Waals surface area (Å²) in [6.07, 6.45) is 7.07. The van der Waals surface area contributed by atoms with Crippen LogP contribution in [0.1, 0.15) is 46.5 Å². The highest BCUT2D eigenvalue weighted by Gasteiger charge is 2.45. The highest BCUT2D eigenvalue weighted by atomic mass is 32.2. The number of amides is 1. The van der Waals surface area contributed by atoms with Crippen LogP contribution in [-0.4, -0.2) is 34.4 Å². The Morgan fingerprint density at radius 3 is 2.06 bits per heavy atom. The van der Waals surface area contributed by atoms with E-state index >= 15 is 0 Å². The minimum absolute atomic E-state index is 0.215. The van der Waals surface area contributed by atoms with Crippen LogP contribution in [-0.2, 0) is 4.79 Å². The lowest BCUT2D eigenvalue weighted by Gasteiger charge is -2.41. The zero-order chi connectivity index (χ0) is 11.9. The van der Waals surface area contributed by atoms with Crippen molar-refractivity contribution in [2.45, 2.75) is 63.8 Å². The van der Waals surface area contributed by atoms with Gasteiger partial charge in [-0.05, 0) is 31.9 Å². The Hall–Kier alpha value is -0.180. The van der Waals surface area contributed by atoms with Gasteiger partial charge >= 0.3 is 0 Å². The SMILES string of the molecule is CSC1C[C@H]2CC[C@@H](C1)N2C(=O)C(C)(C)C. The molecule has 16 heavy (non-hydrogen) atoms. The van der Waals surface area contributed by atoms with E-state index in [1.807, 2.05) is 32.5 Å². The van der Waals surface area contributed by atoms with Gasteiger partial charge in [0.05, 0.1) is 0 Å². The zero-order valence-corrected chi connectivity index (χ0v) is 11.6. The topological polar surface area (TPSA) is 20.3 Å². The molecule has 2 heterocycles. The monoisotopic (exact) mass is 241 g/mol. The molecule has 0 aromatic heterocycles. The fraction of sp³-hybridized carbons (Fsp3) is 0.923. The van der Waals surface area contributed by atoms with Gasteiger partial charge in [0, 0.05) is 22.7 Å². The number of thioether (sulfide) groups is 1. The van der Waals surface area contributed by atoms with E-state index in [0.29, 0.717) is 18.0 Å². The molecule has 2 saturated heterocycles. The summed E-state index contributed by atoms with van der Waals surface area (Å²) in [6.45, 7) is 6.11. The first-order valence-electron chi connectivity index (χ1n) is 6.29. The van der Waals surface area contributed by atoms with Gasteiger partial charge in [0.25, 0.3) is 0 Å². The van der Waals surface area contributed by atoms with Gasteiger partial charge in [0.2, 0.25) is 5.91 Å². The molecule has 3 atom stereocenters. The largest absolute Gasteiger partial charge is 0.336 e. The third-order valence-corrected chi connectivity index (χ3v) is 4.95. The van der Waals surface area contributed by atoms with Gasteiger partial charge < -0.3 is 4.90 Å². The maximum Gasteiger partial charge on any atom is 0.228 e. The molecule has 2 fully saturated rings. The molecule has 0 saturated carbocycles. The van der Waals surface area contributed by atoms with Crippen molar-refractivity contribution < 1.29 is 4.79 Å². The van der Waals surface area contributed by atoms with Crippen LogP contribution >= 0.6 is 11.8 Å². The standard InChI is InChI=1S/C13H23NOS/c1-13(2,3)12(15)14-9-5-6-10(14)8-11(7-9)16-4/h9-11H,5-8H2,1-4H3/t9-,10+,11?. The minimum Gasteiger partial charge on any atom is -0.336 e. The quantitative estimate of drug-likeness (QED) is 0.703. The van der Waals surface area contributed by atoms with Gasteiger partial charge in [0.15, 0.2) is 0 Å². The molecular formula is C13H23NOS. The van der Waals surface area contributed by atoms with E-state index < -0.39 is 0 Å². The summed E-state index contributed by atoms with van der Waals surface area (Å²) in [5, 5.41) is 0.779. The molecule has 0 aromatic carbocycles. The lowest BCUT2D eigenvalue weighted by molar-refractivity contribution is -0.143. The van der Waals surface area contributed by atoms with Crippen molar-refractivity contribution in [2.24, 2.45) is 5.41 Å². The fourth-order valence-corrected chi connectivity index (χ4v) is 3.87. The number of rotatable bonds is 1. The Morgan fingerprint density at radius 2 is 1.69 bits per heavy atom. The molecule has 0 radical (unpaired) electrons. The maximum absolute atomic E-state index is 12.4. The number of piperidine rings is 1. The van der Waals surface area contributed by atoms with E-state index in [2.05, 4.69) is 11.2 Å². The molecule has 0 aromatic rings. The number of carbonyl (C=O) groups excluding carboxylic acids is 1. The van der Waals surface area contributed by atoms with E-state index in [1.54, 1.807) is 0 Å². The Kier molecular flexibility index (Phi) is 3.26. The first-order chi connectivity index (χ1) is 7.43. The summed E-state index contributed by atoms with van der Waals surface area (Å²) < 4.78 is 0. The number of fused-ring (bicyclic) bond motifs is 2. The Labute approximate surface area is 103 Å². The molecule has 2 rings (SSSR count). The van der Waals surface area contributed by atoms with Crippen molar-refractivity contribution in [3.8, 4) is 0 Å². The molecule has 3 heteroatoms. The summed E-state index contributed by atoms with van der Waals surface area (Å²) in [5.74, 6) is 0.361. The van der Waals surface area contributed by atoms with Crippen LogP contribution in [0.15, 0.2) is 0 Å². The van der Waals surface area contributed by atoms with Gasteiger partial charge in [-0.2, -0.15) is 11.8 Å². The van der Waals surface area contributed by atoms with E-state index in [4.69, 9.17) is 0 Å². The van der Waals surface area contributed by atoms with Gasteiger partial charge in [-0.1, -0.05) is 20.8 Å². The van der Waals surface area contributed by atoms with Gasteiger partial charge in [0.1, 0.15) is 0 Å². The Bertz CT molecular complexity index is 270. The second-order valence-corrected chi connectivity index (χ2v) is 7.31. The molecule has 2 bridgehead atoms. The molecule has 1 amide bonds. The first kappa shape index (κ1) is 12.3. The van der Waals surface area contributed by atoms with E-state index in [-0.39, 0.29) is 5.41 Å².